The van der Waals surface area contributed by atoms with Crippen LogP contribution in [0.4, 0.5) is 20.2 Å². The zero-order valence-corrected chi connectivity index (χ0v) is 20.9. The van der Waals surface area contributed by atoms with E-state index in [2.05, 4.69) is 9.97 Å². The third-order valence-electron chi connectivity index (χ3n) is 5.54. The molecule has 0 spiro atoms. The molecular formula is C28H29F2N5O2. The van der Waals surface area contributed by atoms with Gasteiger partial charge >= 0.3 is 0 Å². The van der Waals surface area contributed by atoms with E-state index in [1.165, 1.54) is 12.1 Å². The first-order valence-corrected chi connectivity index (χ1v) is 11.9. The minimum atomic E-state index is -0.561. The zero-order valence-electron chi connectivity index (χ0n) is 20.9. The molecule has 1 heterocycles. The number of nitrogen functional groups attached to an aromatic ring is 1. The fourth-order valence-corrected chi connectivity index (χ4v) is 3.88. The summed E-state index contributed by atoms with van der Waals surface area (Å²) in [4.78, 5) is 9.35. The Morgan fingerprint density at radius 2 is 1.84 bits per heavy atom. The van der Waals surface area contributed by atoms with Crippen LogP contribution in [0, 0.1) is 17.0 Å². The number of nitrogens with two attached hydrogens (primary N) is 1. The second kappa shape index (κ2) is 11.1. The van der Waals surface area contributed by atoms with E-state index >= 15 is 4.39 Å². The van der Waals surface area contributed by atoms with Gasteiger partial charge in [0.15, 0.2) is 11.6 Å². The highest BCUT2D eigenvalue weighted by atomic mass is 19.1. The Balaban J connectivity index is 1.80. The summed E-state index contributed by atoms with van der Waals surface area (Å²) in [5.74, 6) is -0.0201. The van der Waals surface area contributed by atoms with E-state index < -0.39 is 5.82 Å². The number of rotatable bonds is 10. The molecule has 0 radical (unpaired) electrons. The standard InChI is InChI=1S/C28H29F2N5O2/c1-4-36-20-13-24(27(30)25(14-20)37-17(2)3)35(19-11-9-18(10-12-19)28(31)32)16-26-33-15-23(34-26)21-7-5-6-8-22(21)29/h5-15,17H,4,16H2,1-3H3,(H3,31,32)(H,33,34). The van der Waals surface area contributed by atoms with Gasteiger partial charge in [-0.25, -0.2) is 13.8 Å². The van der Waals surface area contributed by atoms with Gasteiger partial charge in [-0.05, 0) is 57.2 Å². The Labute approximate surface area is 214 Å². The van der Waals surface area contributed by atoms with Gasteiger partial charge in [-0.1, -0.05) is 12.1 Å². The summed E-state index contributed by atoms with van der Waals surface area (Å²) < 4.78 is 41.6. The van der Waals surface area contributed by atoms with Crippen molar-refractivity contribution in [2.75, 3.05) is 11.5 Å². The van der Waals surface area contributed by atoms with Crippen LogP contribution in [0.5, 0.6) is 11.5 Å². The van der Waals surface area contributed by atoms with Crippen LogP contribution in [0.25, 0.3) is 11.3 Å². The molecule has 9 heteroatoms. The molecule has 0 bridgehead atoms. The van der Waals surface area contributed by atoms with Crippen molar-refractivity contribution in [1.29, 1.82) is 5.41 Å². The van der Waals surface area contributed by atoms with Gasteiger partial charge in [-0.2, -0.15) is 0 Å². The number of nitrogens with zero attached hydrogens (tertiary/aromatic N) is 2. The summed E-state index contributed by atoms with van der Waals surface area (Å²) in [5.41, 5.74) is 7.79. The maximum absolute atomic E-state index is 15.9. The van der Waals surface area contributed by atoms with Crippen molar-refractivity contribution in [2.24, 2.45) is 5.73 Å². The summed E-state index contributed by atoms with van der Waals surface area (Å²) in [6.45, 7) is 6.00. The number of hydrogen-bond donors (Lipinski definition) is 3. The number of H-pyrrole nitrogens is 1. The predicted octanol–water partition coefficient (Wildman–Crippen LogP) is 6.16. The van der Waals surface area contributed by atoms with Gasteiger partial charge in [0.1, 0.15) is 23.2 Å². The van der Waals surface area contributed by atoms with Crippen LogP contribution in [-0.4, -0.2) is 28.5 Å². The molecule has 7 nitrogen and oxygen atoms in total. The number of ether oxygens (including phenoxy) is 2. The second-order valence-corrected chi connectivity index (χ2v) is 8.61. The maximum Gasteiger partial charge on any atom is 0.188 e. The summed E-state index contributed by atoms with van der Waals surface area (Å²) >= 11 is 0. The number of halogens is 2. The Hall–Kier alpha value is -4.40. The van der Waals surface area contributed by atoms with E-state index in [1.54, 1.807) is 59.6 Å². The summed E-state index contributed by atoms with van der Waals surface area (Å²) in [5, 5.41) is 7.69. The highest BCUT2D eigenvalue weighted by Crippen LogP contribution is 2.38. The Bertz CT molecular complexity index is 1390. The summed E-state index contributed by atoms with van der Waals surface area (Å²) in [7, 11) is 0. The van der Waals surface area contributed by atoms with Crippen LogP contribution < -0.4 is 20.1 Å². The monoisotopic (exact) mass is 505 g/mol. The lowest BCUT2D eigenvalue weighted by molar-refractivity contribution is 0.229. The lowest BCUT2D eigenvalue weighted by Gasteiger charge is -2.26. The molecule has 37 heavy (non-hydrogen) atoms. The van der Waals surface area contributed by atoms with Crippen LogP contribution in [0.3, 0.4) is 0 Å². The molecular weight excluding hydrogens is 476 g/mol. The Kier molecular flexibility index (Phi) is 7.71. The van der Waals surface area contributed by atoms with Gasteiger partial charge < -0.3 is 25.1 Å². The van der Waals surface area contributed by atoms with Crippen molar-refractivity contribution >= 4 is 17.2 Å². The molecule has 4 aromatic rings. The van der Waals surface area contributed by atoms with Crippen molar-refractivity contribution in [3.05, 3.63) is 89.9 Å². The number of aromatic amines is 1. The first-order chi connectivity index (χ1) is 17.8. The normalized spacial score (nSPS) is 11.0. The molecule has 4 rings (SSSR count). The third-order valence-corrected chi connectivity index (χ3v) is 5.54. The number of anilines is 2. The highest BCUT2D eigenvalue weighted by Gasteiger charge is 2.22. The minimum absolute atomic E-state index is 0.0628. The molecule has 0 aliphatic rings. The predicted molar refractivity (Wildman–Crippen MR) is 141 cm³/mol. The van der Waals surface area contributed by atoms with E-state index in [4.69, 9.17) is 20.6 Å². The average molecular weight is 506 g/mol. The van der Waals surface area contributed by atoms with Crippen molar-refractivity contribution in [2.45, 2.75) is 33.4 Å². The van der Waals surface area contributed by atoms with E-state index in [9.17, 15) is 4.39 Å². The van der Waals surface area contributed by atoms with Gasteiger partial charge in [-0.15, -0.1) is 0 Å². The van der Waals surface area contributed by atoms with Gasteiger partial charge in [0, 0.05) is 35.1 Å². The molecule has 0 aliphatic heterocycles. The Morgan fingerprint density at radius 1 is 1.11 bits per heavy atom. The number of hydrogen-bond acceptors (Lipinski definition) is 5. The van der Waals surface area contributed by atoms with Crippen LogP contribution in [0.1, 0.15) is 32.2 Å². The van der Waals surface area contributed by atoms with Crippen LogP contribution in [0.15, 0.2) is 66.9 Å². The fraction of sp³-hybridized carbons (Fsp3) is 0.214. The number of amidine groups is 1. The molecule has 0 saturated heterocycles. The first kappa shape index (κ1) is 25.7. The SMILES string of the molecule is CCOc1cc(OC(C)C)c(F)c(N(Cc2nc(-c3ccccc3F)c[nH]2)c2ccc(C(=N)N)cc2)c1. The molecule has 0 saturated carbocycles. The topological polar surface area (TPSA) is 100 Å². The molecule has 0 aliphatic carbocycles. The molecule has 3 aromatic carbocycles. The van der Waals surface area contributed by atoms with Gasteiger partial charge in [0.05, 0.1) is 30.6 Å². The lowest BCUT2D eigenvalue weighted by Crippen LogP contribution is -2.20. The van der Waals surface area contributed by atoms with Crippen molar-refractivity contribution in [3.63, 3.8) is 0 Å². The van der Waals surface area contributed by atoms with E-state index in [-0.39, 0.29) is 35.7 Å². The van der Waals surface area contributed by atoms with E-state index in [1.807, 2.05) is 20.8 Å². The highest BCUT2D eigenvalue weighted by molar-refractivity contribution is 5.95. The molecule has 0 amide bonds. The second-order valence-electron chi connectivity index (χ2n) is 8.61. The molecule has 0 atom stereocenters. The molecule has 1 aromatic heterocycles. The van der Waals surface area contributed by atoms with Gasteiger partial charge in [0.25, 0.3) is 0 Å². The Morgan fingerprint density at radius 3 is 2.49 bits per heavy atom. The van der Waals surface area contributed by atoms with Crippen LogP contribution >= 0.6 is 0 Å². The van der Waals surface area contributed by atoms with Crippen molar-refractivity contribution in [3.8, 4) is 22.8 Å². The molecule has 0 fully saturated rings. The number of nitrogens with one attached hydrogen (secondary N) is 2. The molecule has 192 valence electrons. The third kappa shape index (κ3) is 5.88. The number of aromatic nitrogens is 2. The minimum Gasteiger partial charge on any atom is -0.494 e. The first-order valence-electron chi connectivity index (χ1n) is 11.9. The number of imidazole rings is 1. The quantitative estimate of drug-likeness (QED) is 0.177. The summed E-state index contributed by atoms with van der Waals surface area (Å²) in [6.07, 6.45) is 1.36. The molecule has 4 N–H and O–H groups in total. The van der Waals surface area contributed by atoms with Crippen molar-refractivity contribution in [1.82, 2.24) is 9.97 Å². The zero-order chi connectivity index (χ0) is 26.5. The van der Waals surface area contributed by atoms with Gasteiger partial charge in [-0.3, -0.25) is 5.41 Å². The number of benzene rings is 3. The van der Waals surface area contributed by atoms with E-state index in [0.29, 0.717) is 40.7 Å². The van der Waals surface area contributed by atoms with Crippen molar-refractivity contribution < 1.29 is 18.3 Å². The van der Waals surface area contributed by atoms with Crippen LogP contribution in [-0.2, 0) is 6.54 Å². The lowest BCUT2D eigenvalue weighted by atomic mass is 10.1. The average Bonchev–Trinajstić information content (AvgIpc) is 3.33. The van der Waals surface area contributed by atoms with Crippen LogP contribution in [0.2, 0.25) is 0 Å². The molecule has 0 unspecified atom stereocenters. The van der Waals surface area contributed by atoms with E-state index in [0.717, 1.165) is 0 Å². The maximum atomic E-state index is 15.9. The largest absolute Gasteiger partial charge is 0.494 e. The summed E-state index contributed by atoms with van der Waals surface area (Å²) in [6, 6.07) is 16.4. The van der Waals surface area contributed by atoms with Gasteiger partial charge in [0.2, 0.25) is 0 Å². The fourth-order valence-electron chi connectivity index (χ4n) is 3.88. The smallest absolute Gasteiger partial charge is 0.188 e.